The third-order valence-electron chi connectivity index (χ3n) is 4.58. The summed E-state index contributed by atoms with van der Waals surface area (Å²) in [4.78, 5) is 0. The summed E-state index contributed by atoms with van der Waals surface area (Å²) in [5.41, 5.74) is 3.48. The minimum absolute atomic E-state index is 0.127. The lowest BCUT2D eigenvalue weighted by Gasteiger charge is -2.07. The van der Waals surface area contributed by atoms with Gasteiger partial charge in [-0.3, -0.25) is 0 Å². The summed E-state index contributed by atoms with van der Waals surface area (Å²) in [6.07, 6.45) is 6.59. The Labute approximate surface area is 148 Å². The molecule has 0 radical (unpaired) electrons. The molecule has 2 aromatic carbocycles. The lowest BCUT2D eigenvalue weighted by Crippen LogP contribution is -1.97. The molecular weight excluding hydrogens is 306 g/mol. The van der Waals surface area contributed by atoms with Crippen molar-refractivity contribution >= 4 is 27.9 Å². The van der Waals surface area contributed by atoms with Crippen LogP contribution in [-0.2, 0) is 6.54 Å². The first-order valence-corrected chi connectivity index (χ1v) is 8.81. The normalized spacial score (nSPS) is 10.5. The second-order valence-corrected chi connectivity index (χ2v) is 6.29. The van der Waals surface area contributed by atoms with Crippen molar-refractivity contribution in [3.63, 3.8) is 0 Å². The van der Waals surface area contributed by atoms with Gasteiger partial charge in [0.2, 0.25) is 0 Å². The topological polar surface area (TPSA) is 52.5 Å². The molecule has 0 aliphatic heterocycles. The number of para-hydroxylation sites is 1. The second-order valence-electron chi connectivity index (χ2n) is 6.29. The van der Waals surface area contributed by atoms with E-state index in [1.54, 1.807) is 6.08 Å². The molecule has 25 heavy (non-hydrogen) atoms. The van der Waals surface area contributed by atoms with E-state index in [1.165, 1.54) is 47.5 Å². The number of allylic oxidation sites excluding steroid dienone is 1. The summed E-state index contributed by atoms with van der Waals surface area (Å²) in [5, 5.41) is 20.3. The zero-order valence-corrected chi connectivity index (χ0v) is 14.5. The molecule has 0 unspecified atom stereocenters. The number of nitrogens with zero attached hydrogens (tertiary/aromatic N) is 3. The van der Waals surface area contributed by atoms with Crippen LogP contribution < -0.4 is 0 Å². The van der Waals surface area contributed by atoms with Crippen molar-refractivity contribution in [3.8, 4) is 12.1 Å². The summed E-state index contributed by atoms with van der Waals surface area (Å²) in [5.74, 6) is 0. The lowest BCUT2D eigenvalue weighted by molar-refractivity contribution is 0.602. The van der Waals surface area contributed by atoms with Gasteiger partial charge in [-0.1, -0.05) is 50.5 Å². The number of nitriles is 2. The molecule has 0 atom stereocenters. The van der Waals surface area contributed by atoms with Gasteiger partial charge in [-0.2, -0.15) is 10.5 Å². The molecule has 0 N–H and O–H groups in total. The number of hydrogen-bond donors (Lipinski definition) is 0. The van der Waals surface area contributed by atoms with Crippen molar-refractivity contribution in [1.29, 1.82) is 10.5 Å². The smallest absolute Gasteiger partial charge is 0.130 e. The molecule has 0 fully saturated rings. The van der Waals surface area contributed by atoms with E-state index in [0.717, 1.165) is 12.1 Å². The van der Waals surface area contributed by atoms with Gasteiger partial charge in [0.15, 0.2) is 0 Å². The molecule has 3 rings (SSSR count). The lowest BCUT2D eigenvalue weighted by atomic mass is 10.1. The van der Waals surface area contributed by atoms with Crippen LogP contribution in [0.5, 0.6) is 0 Å². The van der Waals surface area contributed by atoms with Crippen LogP contribution in [-0.4, -0.2) is 4.57 Å². The van der Waals surface area contributed by atoms with Gasteiger partial charge < -0.3 is 4.57 Å². The van der Waals surface area contributed by atoms with Crippen molar-refractivity contribution in [2.24, 2.45) is 0 Å². The van der Waals surface area contributed by atoms with Gasteiger partial charge in [0.05, 0.1) is 0 Å². The Bertz CT molecular complexity index is 993. The highest BCUT2D eigenvalue weighted by Crippen LogP contribution is 2.30. The SMILES string of the molecule is CCCCCCn1c2ccccc2c2cc(C=C(C#N)C#N)ccc21. The van der Waals surface area contributed by atoms with Gasteiger partial charge in [0.1, 0.15) is 17.7 Å². The highest BCUT2D eigenvalue weighted by molar-refractivity contribution is 6.08. The standard InChI is InChI=1S/C22H21N3/c1-2-3-4-7-12-25-21-9-6-5-8-19(21)20-14-17(10-11-22(20)25)13-18(15-23)16-24/h5-6,8-11,13-14H,2-4,7,12H2,1H3. The molecule has 3 nitrogen and oxygen atoms in total. The van der Waals surface area contributed by atoms with Crippen molar-refractivity contribution in [1.82, 2.24) is 4.57 Å². The van der Waals surface area contributed by atoms with Crippen molar-refractivity contribution in [2.45, 2.75) is 39.2 Å². The first-order valence-electron chi connectivity index (χ1n) is 8.81. The van der Waals surface area contributed by atoms with Crippen LogP contribution in [0, 0.1) is 22.7 Å². The molecule has 0 aliphatic rings. The number of rotatable bonds is 6. The Kier molecular flexibility index (Phi) is 5.17. The van der Waals surface area contributed by atoms with Crippen molar-refractivity contribution in [2.75, 3.05) is 0 Å². The maximum Gasteiger partial charge on any atom is 0.130 e. The molecule has 0 amide bonds. The number of unbranched alkanes of at least 4 members (excludes halogenated alkanes) is 3. The molecule has 0 aliphatic carbocycles. The monoisotopic (exact) mass is 327 g/mol. The van der Waals surface area contributed by atoms with E-state index in [4.69, 9.17) is 10.5 Å². The van der Waals surface area contributed by atoms with Gasteiger partial charge in [0, 0.05) is 28.4 Å². The number of fused-ring (bicyclic) bond motifs is 3. The van der Waals surface area contributed by atoms with E-state index < -0.39 is 0 Å². The fraction of sp³-hybridized carbons (Fsp3) is 0.273. The van der Waals surface area contributed by atoms with Crippen LogP contribution >= 0.6 is 0 Å². The Morgan fingerprint density at radius 2 is 1.72 bits per heavy atom. The molecular formula is C22H21N3. The number of aromatic nitrogens is 1. The average Bonchev–Trinajstić information content (AvgIpc) is 2.97. The van der Waals surface area contributed by atoms with Crippen LogP contribution in [0.15, 0.2) is 48.0 Å². The van der Waals surface area contributed by atoms with Crippen LogP contribution in [0.3, 0.4) is 0 Å². The predicted molar refractivity (Wildman–Crippen MR) is 103 cm³/mol. The maximum atomic E-state index is 8.97. The van der Waals surface area contributed by atoms with Crippen molar-refractivity contribution in [3.05, 3.63) is 53.6 Å². The Morgan fingerprint density at radius 1 is 0.960 bits per heavy atom. The molecule has 0 saturated heterocycles. The number of hydrogen-bond acceptors (Lipinski definition) is 2. The minimum atomic E-state index is 0.127. The summed E-state index contributed by atoms with van der Waals surface area (Å²) in [7, 11) is 0. The first kappa shape index (κ1) is 16.8. The highest BCUT2D eigenvalue weighted by Gasteiger charge is 2.10. The maximum absolute atomic E-state index is 8.97. The first-order chi connectivity index (χ1) is 12.3. The molecule has 0 spiro atoms. The van der Waals surface area contributed by atoms with Gasteiger partial charge in [-0.25, -0.2) is 0 Å². The number of benzene rings is 2. The fourth-order valence-corrected chi connectivity index (χ4v) is 3.35. The van der Waals surface area contributed by atoms with Gasteiger partial charge >= 0.3 is 0 Å². The minimum Gasteiger partial charge on any atom is -0.340 e. The summed E-state index contributed by atoms with van der Waals surface area (Å²) in [6.45, 7) is 3.24. The van der Waals surface area contributed by atoms with Crippen LogP contribution in [0.25, 0.3) is 27.9 Å². The van der Waals surface area contributed by atoms with Gasteiger partial charge in [-0.05, 0) is 36.3 Å². The van der Waals surface area contributed by atoms with Crippen LogP contribution in [0.1, 0.15) is 38.2 Å². The molecule has 124 valence electrons. The summed E-state index contributed by atoms with van der Waals surface area (Å²) >= 11 is 0. The number of aryl methyl sites for hydroxylation is 1. The molecule has 0 bridgehead atoms. The third-order valence-corrected chi connectivity index (χ3v) is 4.58. The average molecular weight is 327 g/mol. The Morgan fingerprint density at radius 3 is 2.48 bits per heavy atom. The fourth-order valence-electron chi connectivity index (χ4n) is 3.35. The highest BCUT2D eigenvalue weighted by atomic mass is 15.0. The summed E-state index contributed by atoms with van der Waals surface area (Å²) in [6, 6.07) is 18.5. The third kappa shape index (κ3) is 3.42. The van der Waals surface area contributed by atoms with E-state index in [-0.39, 0.29) is 5.57 Å². The van der Waals surface area contributed by atoms with E-state index in [1.807, 2.05) is 18.2 Å². The molecule has 1 aromatic heterocycles. The van der Waals surface area contributed by atoms with Crippen LogP contribution in [0.4, 0.5) is 0 Å². The molecule has 3 aromatic rings. The van der Waals surface area contributed by atoms with E-state index >= 15 is 0 Å². The van der Waals surface area contributed by atoms with Crippen molar-refractivity contribution < 1.29 is 0 Å². The summed E-state index contributed by atoms with van der Waals surface area (Å²) < 4.78 is 2.39. The predicted octanol–water partition coefficient (Wildman–Crippen LogP) is 5.81. The zero-order chi connectivity index (χ0) is 17.6. The van der Waals surface area contributed by atoms with Crippen LogP contribution in [0.2, 0.25) is 0 Å². The largest absolute Gasteiger partial charge is 0.340 e. The van der Waals surface area contributed by atoms with Gasteiger partial charge in [-0.15, -0.1) is 0 Å². The Balaban J connectivity index is 2.09. The van der Waals surface area contributed by atoms with E-state index in [9.17, 15) is 0 Å². The second kappa shape index (κ2) is 7.69. The zero-order valence-electron chi connectivity index (χ0n) is 14.5. The molecule has 3 heteroatoms. The Hall–Kier alpha value is -3.04. The van der Waals surface area contributed by atoms with Gasteiger partial charge in [0.25, 0.3) is 0 Å². The van der Waals surface area contributed by atoms with E-state index in [0.29, 0.717) is 0 Å². The molecule has 1 heterocycles. The molecule has 0 saturated carbocycles. The quantitative estimate of drug-likeness (QED) is 0.424. The van der Waals surface area contributed by atoms with E-state index in [2.05, 4.69) is 47.9 Å².